The van der Waals surface area contributed by atoms with Crippen molar-refractivity contribution in [3.05, 3.63) is 24.0 Å². The van der Waals surface area contributed by atoms with Gasteiger partial charge in [-0.2, -0.15) is 4.39 Å². The number of carboxylic acid groups (broad SMARTS) is 1. The summed E-state index contributed by atoms with van der Waals surface area (Å²) in [6, 6.07) is 2.11. The van der Waals surface area contributed by atoms with Gasteiger partial charge in [0.05, 0.1) is 4.90 Å². The molecule has 0 aliphatic rings. The lowest BCUT2D eigenvalue weighted by Crippen LogP contribution is -2.21. The molecule has 0 aliphatic carbocycles. The molecule has 0 heterocycles. The Labute approximate surface area is 99.0 Å². The molecule has 0 spiro atoms. The third-order valence-corrected chi connectivity index (χ3v) is 2.96. The lowest BCUT2D eigenvalue weighted by molar-refractivity contribution is -0.153. The van der Waals surface area contributed by atoms with Gasteiger partial charge in [-0.15, -0.1) is 0 Å². The minimum atomic E-state index is -4.12. The molecule has 17 heavy (non-hydrogen) atoms. The van der Waals surface area contributed by atoms with Crippen LogP contribution in [0.25, 0.3) is 0 Å². The number of carboxylic acids is 1. The van der Waals surface area contributed by atoms with E-state index in [0.717, 1.165) is 12.1 Å². The van der Waals surface area contributed by atoms with Crippen molar-refractivity contribution < 1.29 is 31.8 Å². The van der Waals surface area contributed by atoms with Crippen LogP contribution in [0, 0.1) is 5.82 Å². The molecule has 1 unspecified atom stereocenters. The molecule has 1 rings (SSSR count). The molecule has 0 fully saturated rings. The van der Waals surface area contributed by atoms with Gasteiger partial charge in [-0.25, -0.2) is 17.6 Å². The second-order valence-corrected chi connectivity index (χ2v) is 5.37. The van der Waals surface area contributed by atoms with E-state index in [4.69, 9.17) is 15.8 Å². The van der Waals surface area contributed by atoms with Gasteiger partial charge in [0.1, 0.15) is 0 Å². The zero-order valence-electron chi connectivity index (χ0n) is 7.93. The average Bonchev–Trinajstić information content (AvgIpc) is 2.19. The van der Waals surface area contributed by atoms with E-state index in [0.29, 0.717) is 6.07 Å². The smallest absolute Gasteiger partial charge is 0.378 e. The van der Waals surface area contributed by atoms with Crippen molar-refractivity contribution in [1.82, 2.24) is 0 Å². The highest BCUT2D eigenvalue weighted by atomic mass is 35.7. The van der Waals surface area contributed by atoms with Crippen molar-refractivity contribution >= 4 is 25.7 Å². The number of rotatable bonds is 4. The van der Waals surface area contributed by atoms with Crippen LogP contribution in [0.4, 0.5) is 8.78 Å². The maximum Gasteiger partial charge on any atom is 0.378 e. The van der Waals surface area contributed by atoms with Gasteiger partial charge >= 0.3 is 12.3 Å². The molecule has 0 saturated carbocycles. The lowest BCUT2D eigenvalue weighted by Gasteiger charge is -2.08. The molecule has 1 aromatic rings. The van der Waals surface area contributed by atoms with Crippen molar-refractivity contribution in [3.8, 4) is 5.75 Å². The molecule has 94 valence electrons. The zero-order chi connectivity index (χ0) is 13.2. The van der Waals surface area contributed by atoms with Crippen LogP contribution in [0.15, 0.2) is 23.1 Å². The highest BCUT2D eigenvalue weighted by Crippen LogP contribution is 2.24. The quantitative estimate of drug-likeness (QED) is 0.849. The number of carbonyl (C=O) groups is 1. The van der Waals surface area contributed by atoms with E-state index < -0.39 is 37.8 Å². The summed E-state index contributed by atoms with van der Waals surface area (Å²) in [6.45, 7) is 0. The summed E-state index contributed by atoms with van der Waals surface area (Å²) in [4.78, 5) is 9.56. The van der Waals surface area contributed by atoms with Crippen molar-refractivity contribution in [3.63, 3.8) is 0 Å². The molecular weight excluding hydrogens is 282 g/mol. The Hall–Kier alpha value is -1.41. The first-order valence-corrected chi connectivity index (χ1v) is 6.30. The molecular formula is C8H5ClF2O5S. The number of benzene rings is 1. The van der Waals surface area contributed by atoms with Crippen LogP contribution in [0.1, 0.15) is 0 Å². The number of hydrogen-bond donors (Lipinski definition) is 1. The summed E-state index contributed by atoms with van der Waals surface area (Å²) >= 11 is 0. The monoisotopic (exact) mass is 286 g/mol. The van der Waals surface area contributed by atoms with E-state index in [1.54, 1.807) is 0 Å². The number of aliphatic carboxylic acids is 1. The first-order chi connectivity index (χ1) is 7.71. The highest BCUT2D eigenvalue weighted by Gasteiger charge is 2.20. The largest absolute Gasteiger partial charge is 0.476 e. The summed E-state index contributed by atoms with van der Waals surface area (Å²) in [5.74, 6) is -3.90. The van der Waals surface area contributed by atoms with Gasteiger partial charge in [0, 0.05) is 10.7 Å². The van der Waals surface area contributed by atoms with Crippen LogP contribution in [0.3, 0.4) is 0 Å². The zero-order valence-corrected chi connectivity index (χ0v) is 9.50. The minimum Gasteiger partial charge on any atom is -0.476 e. The van der Waals surface area contributed by atoms with Crippen LogP contribution < -0.4 is 4.74 Å². The highest BCUT2D eigenvalue weighted by molar-refractivity contribution is 8.13. The van der Waals surface area contributed by atoms with Gasteiger partial charge in [-0.05, 0) is 18.2 Å². The van der Waals surface area contributed by atoms with E-state index >= 15 is 0 Å². The molecule has 0 aliphatic heterocycles. The van der Waals surface area contributed by atoms with Crippen molar-refractivity contribution in [1.29, 1.82) is 0 Å². The molecule has 0 bridgehead atoms. The molecule has 9 heteroatoms. The maximum atomic E-state index is 13.2. The first kappa shape index (κ1) is 13.7. The SMILES string of the molecule is O=C(O)C(F)Oc1ccc(S(=O)(=O)Cl)cc1F. The summed E-state index contributed by atoms with van der Waals surface area (Å²) in [5, 5.41) is 8.18. The predicted octanol–water partition coefficient (Wildman–Crippen LogP) is 1.51. The third kappa shape index (κ3) is 3.53. The molecule has 1 aromatic carbocycles. The van der Waals surface area contributed by atoms with Gasteiger partial charge in [0.2, 0.25) is 0 Å². The summed E-state index contributed by atoms with van der Waals surface area (Å²) in [5.41, 5.74) is 0. The fourth-order valence-electron chi connectivity index (χ4n) is 0.891. The summed E-state index contributed by atoms with van der Waals surface area (Å²) < 4.78 is 51.5. The summed E-state index contributed by atoms with van der Waals surface area (Å²) in [7, 11) is 0.815. The minimum absolute atomic E-state index is 0.492. The normalized spacial score (nSPS) is 13.1. The Morgan fingerprint density at radius 2 is 2.06 bits per heavy atom. The van der Waals surface area contributed by atoms with Crippen LogP contribution >= 0.6 is 10.7 Å². The predicted molar refractivity (Wildman–Crippen MR) is 52.6 cm³/mol. The molecule has 0 radical (unpaired) electrons. The van der Waals surface area contributed by atoms with Gasteiger partial charge in [0.25, 0.3) is 9.05 Å². The fraction of sp³-hybridized carbons (Fsp3) is 0.125. The molecule has 0 saturated heterocycles. The van der Waals surface area contributed by atoms with Gasteiger partial charge < -0.3 is 9.84 Å². The second-order valence-electron chi connectivity index (χ2n) is 2.80. The van der Waals surface area contributed by atoms with Crippen molar-refractivity contribution in [2.75, 3.05) is 0 Å². The Kier molecular flexibility index (Phi) is 3.89. The van der Waals surface area contributed by atoms with Crippen LogP contribution in [-0.2, 0) is 13.8 Å². The molecule has 5 nitrogen and oxygen atoms in total. The molecule has 0 aromatic heterocycles. The van der Waals surface area contributed by atoms with Crippen LogP contribution in [0.5, 0.6) is 5.75 Å². The number of ether oxygens (including phenoxy) is 1. The van der Waals surface area contributed by atoms with Crippen molar-refractivity contribution in [2.45, 2.75) is 11.3 Å². The van der Waals surface area contributed by atoms with E-state index in [2.05, 4.69) is 4.74 Å². The average molecular weight is 287 g/mol. The topological polar surface area (TPSA) is 80.7 Å². The van der Waals surface area contributed by atoms with E-state index in [9.17, 15) is 22.0 Å². The standard InChI is InChI=1S/C8H5ClF2O5S/c9-17(14,15)4-1-2-6(5(10)3-4)16-7(11)8(12)13/h1-3,7H,(H,12,13). The Balaban J connectivity index is 3.03. The number of halogens is 3. The Bertz CT molecular complexity index is 545. The lowest BCUT2D eigenvalue weighted by atomic mass is 10.3. The Morgan fingerprint density at radius 1 is 1.47 bits per heavy atom. The first-order valence-electron chi connectivity index (χ1n) is 3.99. The van der Waals surface area contributed by atoms with Crippen LogP contribution in [0.2, 0.25) is 0 Å². The number of alkyl halides is 1. The van der Waals surface area contributed by atoms with E-state index in [1.807, 2.05) is 0 Å². The number of hydrogen-bond acceptors (Lipinski definition) is 4. The van der Waals surface area contributed by atoms with E-state index in [1.165, 1.54) is 0 Å². The van der Waals surface area contributed by atoms with Gasteiger partial charge in [-0.1, -0.05) is 0 Å². The molecule has 1 atom stereocenters. The van der Waals surface area contributed by atoms with Crippen LogP contribution in [-0.4, -0.2) is 25.9 Å². The third-order valence-electron chi connectivity index (χ3n) is 1.61. The maximum absolute atomic E-state index is 13.2. The van der Waals surface area contributed by atoms with Crippen molar-refractivity contribution in [2.24, 2.45) is 0 Å². The summed E-state index contributed by atoms with van der Waals surface area (Å²) in [6.07, 6.45) is -2.75. The molecule has 0 amide bonds. The van der Waals surface area contributed by atoms with E-state index in [-0.39, 0.29) is 0 Å². The Morgan fingerprint density at radius 3 is 2.47 bits per heavy atom. The molecule has 1 N–H and O–H groups in total. The second kappa shape index (κ2) is 4.84. The van der Waals surface area contributed by atoms with Gasteiger partial charge in [-0.3, -0.25) is 0 Å². The van der Waals surface area contributed by atoms with Gasteiger partial charge in [0.15, 0.2) is 11.6 Å². The fourth-order valence-corrected chi connectivity index (χ4v) is 1.65.